The van der Waals surface area contributed by atoms with Gasteiger partial charge in [-0.1, -0.05) is 50.2 Å². The minimum absolute atomic E-state index is 0.0355. The predicted octanol–water partition coefficient (Wildman–Crippen LogP) is 4.07. The summed E-state index contributed by atoms with van der Waals surface area (Å²) in [5.74, 6) is -0.156. The van der Waals surface area contributed by atoms with Gasteiger partial charge in [0.1, 0.15) is 0 Å². The molecule has 0 fully saturated rings. The molecule has 0 radical (unpaired) electrons. The molecule has 0 aliphatic carbocycles. The number of aromatic nitrogens is 2. The highest BCUT2D eigenvalue weighted by molar-refractivity contribution is 5.97. The van der Waals surface area contributed by atoms with E-state index in [4.69, 9.17) is 0 Å². The van der Waals surface area contributed by atoms with Gasteiger partial charge in [0.2, 0.25) is 0 Å². The number of rotatable bonds is 3. The molecule has 0 spiro atoms. The number of nitrogens with zero attached hydrogens (tertiary/aromatic N) is 2. The van der Waals surface area contributed by atoms with Crippen molar-refractivity contribution in [2.24, 2.45) is 0 Å². The van der Waals surface area contributed by atoms with Gasteiger partial charge in [-0.15, -0.1) is 0 Å². The van der Waals surface area contributed by atoms with Crippen molar-refractivity contribution in [2.45, 2.75) is 33.6 Å². The van der Waals surface area contributed by atoms with E-state index in [1.165, 1.54) is 9.36 Å². The van der Waals surface area contributed by atoms with Crippen LogP contribution >= 0.6 is 0 Å². The predicted molar refractivity (Wildman–Crippen MR) is 99.8 cm³/mol. The van der Waals surface area contributed by atoms with E-state index < -0.39 is 0 Å². The largest absolute Gasteiger partial charge is 0.277 e. The number of hydrogen-bond donors (Lipinski definition) is 0. The van der Waals surface area contributed by atoms with Crippen LogP contribution in [0.3, 0.4) is 0 Å². The molecule has 1 aromatic heterocycles. The zero-order valence-electron chi connectivity index (χ0n) is 15.0. The normalized spacial score (nSPS) is 11.1. The lowest BCUT2D eigenvalue weighted by Gasteiger charge is -2.13. The first-order valence-corrected chi connectivity index (χ1v) is 8.43. The van der Waals surface area contributed by atoms with Crippen molar-refractivity contribution in [1.29, 1.82) is 0 Å². The summed E-state index contributed by atoms with van der Waals surface area (Å²) in [4.78, 5) is 26.3. The third kappa shape index (κ3) is 2.84. The summed E-state index contributed by atoms with van der Waals surface area (Å²) in [5, 5.41) is 0. The molecule has 25 heavy (non-hydrogen) atoms. The molecule has 2 aromatic carbocycles. The number of carbonyl (C=O) groups is 1. The smallest absolute Gasteiger partial charge is 0.267 e. The van der Waals surface area contributed by atoms with Gasteiger partial charge < -0.3 is 0 Å². The van der Waals surface area contributed by atoms with Gasteiger partial charge in [0.25, 0.3) is 11.5 Å². The summed E-state index contributed by atoms with van der Waals surface area (Å²) < 4.78 is 2.99. The summed E-state index contributed by atoms with van der Waals surface area (Å²) in [6, 6.07) is 16.7. The maximum absolute atomic E-state index is 13.3. The second-order valence-corrected chi connectivity index (χ2v) is 6.54. The highest BCUT2D eigenvalue weighted by Gasteiger charge is 2.25. The topological polar surface area (TPSA) is 44.0 Å². The molecule has 0 N–H and O–H groups in total. The fourth-order valence-corrected chi connectivity index (χ4v) is 3.26. The Morgan fingerprint density at radius 3 is 2.12 bits per heavy atom. The van der Waals surface area contributed by atoms with E-state index in [1.807, 2.05) is 76.2 Å². The monoisotopic (exact) mass is 334 g/mol. The first-order chi connectivity index (χ1) is 11.9. The average molecular weight is 334 g/mol. The molecule has 0 unspecified atom stereocenters. The molecule has 3 rings (SSSR count). The van der Waals surface area contributed by atoms with Gasteiger partial charge in [0, 0.05) is 11.1 Å². The van der Waals surface area contributed by atoms with Crippen molar-refractivity contribution in [3.63, 3.8) is 0 Å². The zero-order chi connectivity index (χ0) is 18.1. The average Bonchev–Trinajstić information content (AvgIpc) is 2.86. The SMILES string of the molecule is Cc1ccccc1C(=O)n1c(C)c(C(C)C)c(=O)n1-c1ccccc1. The third-order valence-electron chi connectivity index (χ3n) is 4.48. The molecule has 4 heteroatoms. The molecule has 4 nitrogen and oxygen atoms in total. The molecule has 0 atom stereocenters. The number of para-hydroxylation sites is 1. The van der Waals surface area contributed by atoms with Crippen LogP contribution in [0.2, 0.25) is 0 Å². The van der Waals surface area contributed by atoms with Crippen LogP contribution in [-0.4, -0.2) is 15.3 Å². The van der Waals surface area contributed by atoms with Crippen molar-refractivity contribution in [3.05, 3.63) is 87.3 Å². The standard InChI is InChI=1S/C21H22N2O2/c1-14(2)19-16(4)22(20(24)18-13-9-8-10-15(18)3)23(21(19)25)17-11-6-5-7-12-17/h5-14H,1-4H3. The third-order valence-corrected chi connectivity index (χ3v) is 4.48. The Labute approximate surface area is 147 Å². The Morgan fingerprint density at radius 1 is 0.920 bits per heavy atom. The van der Waals surface area contributed by atoms with Crippen LogP contribution in [0.1, 0.15) is 46.9 Å². The van der Waals surface area contributed by atoms with Gasteiger partial charge >= 0.3 is 0 Å². The molecule has 1 heterocycles. The van der Waals surface area contributed by atoms with Crippen LogP contribution in [0.15, 0.2) is 59.4 Å². The quantitative estimate of drug-likeness (QED) is 0.725. The van der Waals surface area contributed by atoms with Gasteiger partial charge in [0.05, 0.1) is 11.4 Å². The molecule has 0 bridgehead atoms. The highest BCUT2D eigenvalue weighted by atomic mass is 16.2. The van der Waals surface area contributed by atoms with Crippen LogP contribution in [0, 0.1) is 13.8 Å². The summed E-state index contributed by atoms with van der Waals surface area (Å²) in [5.41, 5.74) is 3.40. The molecular formula is C21H22N2O2. The van der Waals surface area contributed by atoms with Crippen molar-refractivity contribution in [3.8, 4) is 5.69 Å². The lowest BCUT2D eigenvalue weighted by atomic mass is 10.0. The maximum Gasteiger partial charge on any atom is 0.277 e. The van der Waals surface area contributed by atoms with Gasteiger partial charge in [-0.05, 0) is 43.5 Å². The van der Waals surface area contributed by atoms with Crippen molar-refractivity contribution in [2.75, 3.05) is 0 Å². The minimum atomic E-state index is -0.191. The number of hydrogen-bond acceptors (Lipinski definition) is 2. The second kappa shape index (κ2) is 6.55. The first-order valence-electron chi connectivity index (χ1n) is 8.43. The van der Waals surface area contributed by atoms with Crippen LogP contribution < -0.4 is 5.56 Å². The fraction of sp³-hybridized carbons (Fsp3) is 0.238. The molecule has 0 saturated carbocycles. The van der Waals surface area contributed by atoms with E-state index in [0.29, 0.717) is 22.5 Å². The van der Waals surface area contributed by atoms with Crippen molar-refractivity contribution >= 4 is 5.91 Å². The molecule has 0 saturated heterocycles. The van der Waals surface area contributed by atoms with Crippen molar-refractivity contribution in [1.82, 2.24) is 9.36 Å². The van der Waals surface area contributed by atoms with Crippen LogP contribution in [0.25, 0.3) is 5.69 Å². The maximum atomic E-state index is 13.3. The number of aryl methyl sites for hydroxylation is 1. The van der Waals surface area contributed by atoms with Gasteiger partial charge in [-0.25, -0.2) is 9.36 Å². The van der Waals surface area contributed by atoms with Gasteiger partial charge in [-0.2, -0.15) is 0 Å². The van der Waals surface area contributed by atoms with Crippen LogP contribution in [0.5, 0.6) is 0 Å². The fourth-order valence-electron chi connectivity index (χ4n) is 3.26. The Balaban J connectivity index is 2.33. The Morgan fingerprint density at radius 2 is 1.52 bits per heavy atom. The van der Waals surface area contributed by atoms with Crippen LogP contribution in [-0.2, 0) is 0 Å². The lowest BCUT2D eigenvalue weighted by Crippen LogP contribution is -2.28. The van der Waals surface area contributed by atoms with E-state index in [-0.39, 0.29) is 17.4 Å². The minimum Gasteiger partial charge on any atom is -0.267 e. The number of carbonyl (C=O) groups excluding carboxylic acids is 1. The van der Waals surface area contributed by atoms with E-state index >= 15 is 0 Å². The molecule has 3 aromatic rings. The molecule has 0 aliphatic heterocycles. The van der Waals surface area contributed by atoms with Gasteiger partial charge in [0.15, 0.2) is 0 Å². The van der Waals surface area contributed by atoms with Crippen LogP contribution in [0.4, 0.5) is 0 Å². The van der Waals surface area contributed by atoms with Gasteiger partial charge in [-0.3, -0.25) is 9.59 Å². The first kappa shape index (κ1) is 17.0. The van der Waals surface area contributed by atoms with Crippen molar-refractivity contribution < 1.29 is 4.79 Å². The summed E-state index contributed by atoms with van der Waals surface area (Å²) in [6.07, 6.45) is 0. The Hall–Kier alpha value is -2.88. The second-order valence-electron chi connectivity index (χ2n) is 6.54. The lowest BCUT2D eigenvalue weighted by molar-refractivity contribution is 0.0932. The van der Waals surface area contributed by atoms with E-state index in [9.17, 15) is 9.59 Å². The summed E-state index contributed by atoms with van der Waals surface area (Å²) in [7, 11) is 0. The number of benzene rings is 2. The Kier molecular flexibility index (Phi) is 4.45. The van der Waals surface area contributed by atoms with E-state index in [2.05, 4.69) is 0 Å². The van der Waals surface area contributed by atoms with E-state index in [0.717, 1.165) is 5.56 Å². The zero-order valence-corrected chi connectivity index (χ0v) is 15.0. The molecule has 0 aliphatic rings. The summed E-state index contributed by atoms with van der Waals surface area (Å²) >= 11 is 0. The molecule has 0 amide bonds. The Bertz CT molecular complexity index is 979. The molecular weight excluding hydrogens is 312 g/mol. The molecule has 128 valence electrons. The van der Waals surface area contributed by atoms with E-state index in [1.54, 1.807) is 6.07 Å². The summed E-state index contributed by atoms with van der Waals surface area (Å²) in [6.45, 7) is 7.69. The highest BCUT2D eigenvalue weighted by Crippen LogP contribution is 2.20.